The summed E-state index contributed by atoms with van der Waals surface area (Å²) in [6, 6.07) is 0.590. The molecule has 0 radical (unpaired) electrons. The minimum atomic E-state index is 0.268. The second kappa shape index (κ2) is 11.4. The summed E-state index contributed by atoms with van der Waals surface area (Å²) < 4.78 is 11.0. The average Bonchev–Trinajstić information content (AvgIpc) is 2.26. The molecule has 2 atom stereocenters. The Morgan fingerprint density at radius 3 is 2.38 bits per heavy atom. The van der Waals surface area contributed by atoms with Crippen LogP contribution in [0.1, 0.15) is 47.0 Å². The summed E-state index contributed by atoms with van der Waals surface area (Å²) in [5.41, 5.74) is 0. The summed E-state index contributed by atoms with van der Waals surface area (Å²) in [6.45, 7) is 11.8. The van der Waals surface area contributed by atoms with Crippen LogP contribution in [0.2, 0.25) is 0 Å². The zero-order valence-corrected chi connectivity index (χ0v) is 11.4. The third kappa shape index (κ3) is 10.4. The standard InChI is InChI=1S/C13H29NO2/c1-5-7-12(3)14-11-13(4)16-10-9-15-8-6-2/h12-14H,5-11H2,1-4H3. The molecular weight excluding hydrogens is 202 g/mol. The first kappa shape index (κ1) is 15.9. The van der Waals surface area contributed by atoms with Crippen molar-refractivity contribution in [1.29, 1.82) is 0 Å². The van der Waals surface area contributed by atoms with Gasteiger partial charge in [0, 0.05) is 19.2 Å². The molecular formula is C13H29NO2. The molecule has 0 amide bonds. The molecule has 98 valence electrons. The van der Waals surface area contributed by atoms with E-state index in [1.165, 1.54) is 12.8 Å². The third-order valence-electron chi connectivity index (χ3n) is 2.45. The first-order valence-corrected chi connectivity index (χ1v) is 6.63. The second-order valence-corrected chi connectivity index (χ2v) is 4.39. The van der Waals surface area contributed by atoms with Crippen molar-refractivity contribution >= 4 is 0 Å². The van der Waals surface area contributed by atoms with Crippen LogP contribution in [0.3, 0.4) is 0 Å². The van der Waals surface area contributed by atoms with Crippen molar-refractivity contribution in [3.63, 3.8) is 0 Å². The van der Waals surface area contributed by atoms with Gasteiger partial charge in [0.2, 0.25) is 0 Å². The Morgan fingerprint density at radius 2 is 1.75 bits per heavy atom. The van der Waals surface area contributed by atoms with E-state index in [0.717, 1.165) is 19.6 Å². The molecule has 0 heterocycles. The van der Waals surface area contributed by atoms with Crippen LogP contribution in [0.5, 0.6) is 0 Å². The molecule has 0 rings (SSSR count). The van der Waals surface area contributed by atoms with Crippen molar-refractivity contribution in [3.05, 3.63) is 0 Å². The van der Waals surface area contributed by atoms with Gasteiger partial charge in [-0.05, 0) is 26.7 Å². The van der Waals surface area contributed by atoms with E-state index >= 15 is 0 Å². The van der Waals surface area contributed by atoms with Gasteiger partial charge in [-0.25, -0.2) is 0 Å². The fourth-order valence-electron chi connectivity index (χ4n) is 1.52. The van der Waals surface area contributed by atoms with Crippen LogP contribution < -0.4 is 5.32 Å². The number of nitrogens with one attached hydrogen (secondary N) is 1. The van der Waals surface area contributed by atoms with Gasteiger partial charge in [0.05, 0.1) is 19.3 Å². The van der Waals surface area contributed by atoms with Crippen LogP contribution in [0, 0.1) is 0 Å². The lowest BCUT2D eigenvalue weighted by atomic mass is 10.2. The Kier molecular flexibility index (Phi) is 11.3. The van der Waals surface area contributed by atoms with Gasteiger partial charge in [-0.1, -0.05) is 20.3 Å². The number of hydrogen-bond acceptors (Lipinski definition) is 3. The summed E-state index contributed by atoms with van der Waals surface area (Å²) >= 11 is 0. The smallest absolute Gasteiger partial charge is 0.0704 e. The lowest BCUT2D eigenvalue weighted by molar-refractivity contribution is 0.0121. The zero-order valence-electron chi connectivity index (χ0n) is 11.4. The third-order valence-corrected chi connectivity index (χ3v) is 2.45. The van der Waals surface area contributed by atoms with E-state index < -0.39 is 0 Å². The van der Waals surface area contributed by atoms with Crippen LogP contribution in [0.25, 0.3) is 0 Å². The fraction of sp³-hybridized carbons (Fsp3) is 1.00. The van der Waals surface area contributed by atoms with Crippen LogP contribution in [0.4, 0.5) is 0 Å². The highest BCUT2D eigenvalue weighted by Crippen LogP contribution is 1.96. The van der Waals surface area contributed by atoms with Crippen molar-refractivity contribution < 1.29 is 9.47 Å². The minimum absolute atomic E-state index is 0.268. The van der Waals surface area contributed by atoms with E-state index in [9.17, 15) is 0 Å². The molecule has 1 N–H and O–H groups in total. The van der Waals surface area contributed by atoms with Gasteiger partial charge in [0.15, 0.2) is 0 Å². The molecule has 2 unspecified atom stereocenters. The predicted molar refractivity (Wildman–Crippen MR) is 68.9 cm³/mol. The molecule has 0 aromatic rings. The van der Waals surface area contributed by atoms with Gasteiger partial charge in [-0.3, -0.25) is 0 Å². The summed E-state index contributed by atoms with van der Waals surface area (Å²) in [4.78, 5) is 0. The Hall–Kier alpha value is -0.120. The first-order chi connectivity index (χ1) is 7.70. The summed E-state index contributed by atoms with van der Waals surface area (Å²) in [7, 11) is 0. The minimum Gasteiger partial charge on any atom is -0.379 e. The Morgan fingerprint density at radius 1 is 1.00 bits per heavy atom. The van der Waals surface area contributed by atoms with E-state index in [4.69, 9.17) is 9.47 Å². The highest BCUT2D eigenvalue weighted by molar-refractivity contribution is 4.62. The van der Waals surface area contributed by atoms with Crippen LogP contribution >= 0.6 is 0 Å². The monoisotopic (exact) mass is 231 g/mol. The largest absolute Gasteiger partial charge is 0.379 e. The molecule has 3 heteroatoms. The van der Waals surface area contributed by atoms with Gasteiger partial charge in [0.25, 0.3) is 0 Å². The maximum atomic E-state index is 5.63. The van der Waals surface area contributed by atoms with Gasteiger partial charge in [-0.15, -0.1) is 0 Å². The SMILES string of the molecule is CCCOCCOC(C)CNC(C)CCC. The molecule has 0 aliphatic heterocycles. The van der Waals surface area contributed by atoms with E-state index in [0.29, 0.717) is 19.3 Å². The molecule has 0 spiro atoms. The molecule has 0 saturated heterocycles. The normalized spacial score (nSPS) is 15.0. The van der Waals surface area contributed by atoms with Gasteiger partial charge >= 0.3 is 0 Å². The Labute approximate surface area is 101 Å². The molecule has 0 saturated carbocycles. The number of hydrogen-bond donors (Lipinski definition) is 1. The van der Waals surface area contributed by atoms with Crippen LogP contribution in [0.15, 0.2) is 0 Å². The first-order valence-electron chi connectivity index (χ1n) is 6.63. The topological polar surface area (TPSA) is 30.5 Å². The van der Waals surface area contributed by atoms with Crippen molar-refractivity contribution in [2.24, 2.45) is 0 Å². The van der Waals surface area contributed by atoms with Crippen molar-refractivity contribution in [2.45, 2.75) is 59.1 Å². The predicted octanol–water partition coefficient (Wildman–Crippen LogP) is 2.60. The molecule has 0 aromatic carbocycles. The maximum absolute atomic E-state index is 5.63. The Balaban J connectivity index is 3.27. The van der Waals surface area contributed by atoms with E-state index in [2.05, 4.69) is 33.0 Å². The van der Waals surface area contributed by atoms with Crippen LogP contribution in [-0.4, -0.2) is 38.5 Å². The van der Waals surface area contributed by atoms with E-state index in [1.54, 1.807) is 0 Å². The molecule has 0 fully saturated rings. The van der Waals surface area contributed by atoms with E-state index in [-0.39, 0.29) is 6.10 Å². The summed E-state index contributed by atoms with van der Waals surface area (Å²) in [5.74, 6) is 0. The Bertz CT molecular complexity index is 142. The molecule has 0 aliphatic carbocycles. The van der Waals surface area contributed by atoms with Gasteiger partial charge in [0.1, 0.15) is 0 Å². The quantitative estimate of drug-likeness (QED) is 0.554. The fourth-order valence-corrected chi connectivity index (χ4v) is 1.52. The number of rotatable bonds is 11. The van der Waals surface area contributed by atoms with Crippen molar-refractivity contribution in [3.8, 4) is 0 Å². The van der Waals surface area contributed by atoms with Gasteiger partial charge < -0.3 is 14.8 Å². The van der Waals surface area contributed by atoms with E-state index in [1.807, 2.05) is 0 Å². The van der Waals surface area contributed by atoms with Crippen molar-refractivity contribution in [2.75, 3.05) is 26.4 Å². The molecule has 16 heavy (non-hydrogen) atoms. The zero-order chi connectivity index (χ0) is 12.2. The van der Waals surface area contributed by atoms with Crippen molar-refractivity contribution in [1.82, 2.24) is 5.32 Å². The lowest BCUT2D eigenvalue weighted by Gasteiger charge is -2.17. The highest BCUT2D eigenvalue weighted by Gasteiger charge is 2.04. The average molecular weight is 231 g/mol. The highest BCUT2D eigenvalue weighted by atomic mass is 16.5. The van der Waals surface area contributed by atoms with Gasteiger partial charge in [-0.2, -0.15) is 0 Å². The summed E-state index contributed by atoms with van der Waals surface area (Å²) in [5, 5.41) is 3.47. The molecule has 0 bridgehead atoms. The maximum Gasteiger partial charge on any atom is 0.0704 e. The molecule has 0 aromatic heterocycles. The number of ether oxygens (including phenoxy) is 2. The molecule has 0 aliphatic rings. The molecule has 3 nitrogen and oxygen atoms in total. The van der Waals surface area contributed by atoms with Crippen LogP contribution in [-0.2, 0) is 9.47 Å². The lowest BCUT2D eigenvalue weighted by Crippen LogP contribution is -2.34. The summed E-state index contributed by atoms with van der Waals surface area (Å²) in [6.07, 6.45) is 3.80. The second-order valence-electron chi connectivity index (χ2n) is 4.39.